The number of aryl methyl sites for hydroxylation is 1. The second kappa shape index (κ2) is 6.93. The van der Waals surface area contributed by atoms with E-state index < -0.39 is 0 Å². The highest BCUT2D eigenvalue weighted by atomic mass is 32.2. The van der Waals surface area contributed by atoms with Crippen LogP contribution in [0.15, 0.2) is 46.5 Å². The molecule has 0 aliphatic carbocycles. The van der Waals surface area contributed by atoms with Crippen LogP contribution in [0.3, 0.4) is 0 Å². The van der Waals surface area contributed by atoms with Gasteiger partial charge in [0.05, 0.1) is 12.8 Å². The maximum Gasteiger partial charge on any atom is 0.258 e. The molecule has 1 aromatic carbocycles. The number of nitrogens with one attached hydrogen (secondary N) is 1. The van der Waals surface area contributed by atoms with Crippen LogP contribution < -0.4 is 10.3 Å². The molecule has 0 aliphatic rings. The smallest absolute Gasteiger partial charge is 0.258 e. The van der Waals surface area contributed by atoms with Crippen molar-refractivity contribution in [3.8, 4) is 17.1 Å². The fourth-order valence-corrected chi connectivity index (χ4v) is 4.00. The quantitative estimate of drug-likeness (QED) is 0.531. The summed E-state index contributed by atoms with van der Waals surface area (Å²) in [6.45, 7) is 1.96. The van der Waals surface area contributed by atoms with Gasteiger partial charge in [-0.25, -0.2) is 9.97 Å². The van der Waals surface area contributed by atoms with Crippen LogP contribution in [-0.2, 0) is 5.75 Å². The fourth-order valence-electron chi connectivity index (χ4n) is 2.46. The van der Waals surface area contributed by atoms with E-state index in [2.05, 4.69) is 20.2 Å². The van der Waals surface area contributed by atoms with Gasteiger partial charge in [-0.1, -0.05) is 11.8 Å². The molecule has 132 valence electrons. The number of H-pyrrole nitrogens is 1. The number of ether oxygens (including phenoxy) is 1. The molecule has 3 heterocycles. The summed E-state index contributed by atoms with van der Waals surface area (Å²) in [5, 5.41) is 7.77. The average molecular weight is 385 g/mol. The maximum atomic E-state index is 12.1. The van der Waals surface area contributed by atoms with Crippen LogP contribution in [0.1, 0.15) is 10.6 Å². The van der Waals surface area contributed by atoms with Gasteiger partial charge in [0.25, 0.3) is 5.56 Å². The minimum Gasteiger partial charge on any atom is -0.497 e. The average Bonchev–Trinajstić information content (AvgIpc) is 3.26. The number of methoxy groups -OCH3 is 1. The Kier molecular flexibility index (Phi) is 4.48. The molecule has 9 heteroatoms. The molecule has 0 saturated carbocycles. The zero-order valence-electron chi connectivity index (χ0n) is 14.1. The van der Waals surface area contributed by atoms with E-state index in [9.17, 15) is 4.79 Å². The molecule has 4 aromatic rings. The lowest BCUT2D eigenvalue weighted by atomic mass is 10.2. The van der Waals surface area contributed by atoms with Crippen LogP contribution >= 0.6 is 23.1 Å². The van der Waals surface area contributed by atoms with Crippen molar-refractivity contribution in [2.75, 3.05) is 7.11 Å². The van der Waals surface area contributed by atoms with Crippen LogP contribution in [0.4, 0.5) is 0 Å². The zero-order valence-corrected chi connectivity index (χ0v) is 15.7. The van der Waals surface area contributed by atoms with Crippen molar-refractivity contribution in [3.05, 3.63) is 57.5 Å². The molecule has 0 aliphatic heterocycles. The number of fused-ring (bicyclic) bond motifs is 1. The van der Waals surface area contributed by atoms with Gasteiger partial charge in [-0.2, -0.15) is 0 Å². The number of hydrogen-bond donors (Lipinski definition) is 1. The molecule has 0 fully saturated rings. The number of thiazole rings is 1. The van der Waals surface area contributed by atoms with Crippen LogP contribution in [0.25, 0.3) is 16.3 Å². The third-order valence-electron chi connectivity index (χ3n) is 3.71. The third-order valence-corrected chi connectivity index (χ3v) is 5.49. The Labute approximate surface area is 157 Å². The van der Waals surface area contributed by atoms with E-state index in [0.29, 0.717) is 21.7 Å². The van der Waals surface area contributed by atoms with Crippen molar-refractivity contribution in [1.29, 1.82) is 0 Å². The normalized spacial score (nSPS) is 11.2. The first-order valence-electron chi connectivity index (χ1n) is 7.81. The number of rotatable bonds is 5. The summed E-state index contributed by atoms with van der Waals surface area (Å²) in [5.41, 5.74) is 1.58. The summed E-state index contributed by atoms with van der Waals surface area (Å²) in [6.07, 6.45) is 1.81. The summed E-state index contributed by atoms with van der Waals surface area (Å²) in [6, 6.07) is 9.15. The molecule has 0 saturated heterocycles. The van der Waals surface area contributed by atoms with E-state index >= 15 is 0 Å². The molecule has 7 nitrogen and oxygen atoms in total. The molecule has 0 atom stereocenters. The molecule has 0 spiro atoms. The SMILES string of the molecule is COc1ccc(-c2nc(SCc3cc(=O)n4cc(C)sc4n3)n[nH]2)cc1. The van der Waals surface area contributed by atoms with E-state index in [1.807, 2.05) is 37.4 Å². The summed E-state index contributed by atoms with van der Waals surface area (Å²) in [7, 11) is 1.63. The third kappa shape index (κ3) is 3.35. The molecule has 0 bridgehead atoms. The largest absolute Gasteiger partial charge is 0.497 e. The van der Waals surface area contributed by atoms with Gasteiger partial charge in [-0.05, 0) is 31.2 Å². The lowest BCUT2D eigenvalue weighted by molar-refractivity contribution is 0.415. The van der Waals surface area contributed by atoms with E-state index in [1.54, 1.807) is 17.6 Å². The number of benzene rings is 1. The zero-order chi connectivity index (χ0) is 18.1. The first kappa shape index (κ1) is 16.8. The fraction of sp³-hybridized carbons (Fsp3) is 0.176. The lowest BCUT2D eigenvalue weighted by Gasteiger charge is -2.00. The Morgan fingerprint density at radius 1 is 1.27 bits per heavy atom. The Bertz CT molecular complexity index is 1110. The number of hydrogen-bond acceptors (Lipinski definition) is 7. The van der Waals surface area contributed by atoms with Crippen LogP contribution in [-0.4, -0.2) is 31.7 Å². The predicted molar refractivity (Wildman–Crippen MR) is 102 cm³/mol. The van der Waals surface area contributed by atoms with Crippen LogP contribution in [0.5, 0.6) is 5.75 Å². The summed E-state index contributed by atoms with van der Waals surface area (Å²) < 4.78 is 6.73. The number of aromatic amines is 1. The summed E-state index contributed by atoms with van der Waals surface area (Å²) in [5.74, 6) is 2.01. The molecular weight excluding hydrogens is 370 g/mol. The highest BCUT2D eigenvalue weighted by molar-refractivity contribution is 7.98. The highest BCUT2D eigenvalue weighted by Gasteiger charge is 2.09. The van der Waals surface area contributed by atoms with Gasteiger partial charge in [0.1, 0.15) is 5.75 Å². The molecule has 0 unspecified atom stereocenters. The van der Waals surface area contributed by atoms with E-state index in [4.69, 9.17) is 4.74 Å². The summed E-state index contributed by atoms with van der Waals surface area (Å²) >= 11 is 2.94. The van der Waals surface area contributed by atoms with Gasteiger partial charge in [0.15, 0.2) is 10.8 Å². The first-order chi connectivity index (χ1) is 12.6. The predicted octanol–water partition coefficient (Wildman–Crippen LogP) is 3.15. The Morgan fingerprint density at radius 3 is 2.85 bits per heavy atom. The van der Waals surface area contributed by atoms with Crippen LogP contribution in [0.2, 0.25) is 0 Å². The monoisotopic (exact) mass is 385 g/mol. The Balaban J connectivity index is 1.50. The van der Waals surface area contributed by atoms with E-state index in [1.165, 1.54) is 23.1 Å². The van der Waals surface area contributed by atoms with Gasteiger partial charge >= 0.3 is 0 Å². The molecule has 26 heavy (non-hydrogen) atoms. The first-order valence-corrected chi connectivity index (χ1v) is 9.61. The van der Waals surface area contributed by atoms with Crippen molar-refractivity contribution in [3.63, 3.8) is 0 Å². The van der Waals surface area contributed by atoms with Crippen molar-refractivity contribution < 1.29 is 4.74 Å². The molecule has 0 radical (unpaired) electrons. The Morgan fingerprint density at radius 2 is 2.08 bits per heavy atom. The van der Waals surface area contributed by atoms with Gasteiger partial charge in [-0.3, -0.25) is 14.3 Å². The molecule has 4 rings (SSSR count). The summed E-state index contributed by atoms with van der Waals surface area (Å²) in [4.78, 5) is 22.9. The minimum absolute atomic E-state index is 0.0659. The second-order valence-corrected chi connectivity index (χ2v) is 7.72. The van der Waals surface area contributed by atoms with Gasteiger partial charge in [-0.15, -0.1) is 16.4 Å². The minimum atomic E-state index is -0.0659. The van der Waals surface area contributed by atoms with Crippen molar-refractivity contribution >= 4 is 28.1 Å². The van der Waals surface area contributed by atoms with E-state index in [-0.39, 0.29) is 5.56 Å². The second-order valence-electron chi connectivity index (χ2n) is 5.56. The number of thioether (sulfide) groups is 1. The van der Waals surface area contributed by atoms with Gasteiger partial charge in [0, 0.05) is 28.5 Å². The highest BCUT2D eigenvalue weighted by Crippen LogP contribution is 2.23. The van der Waals surface area contributed by atoms with E-state index in [0.717, 1.165) is 21.9 Å². The maximum absolute atomic E-state index is 12.1. The Hall–Kier alpha value is -2.65. The number of aromatic nitrogens is 5. The molecule has 0 amide bonds. The van der Waals surface area contributed by atoms with Crippen molar-refractivity contribution in [2.45, 2.75) is 17.8 Å². The molecule has 1 N–H and O–H groups in total. The van der Waals surface area contributed by atoms with Gasteiger partial charge in [0.2, 0.25) is 5.16 Å². The lowest BCUT2D eigenvalue weighted by Crippen LogP contribution is -2.12. The van der Waals surface area contributed by atoms with Crippen molar-refractivity contribution in [1.82, 2.24) is 24.6 Å². The van der Waals surface area contributed by atoms with Crippen molar-refractivity contribution in [2.24, 2.45) is 0 Å². The van der Waals surface area contributed by atoms with Crippen LogP contribution in [0, 0.1) is 6.92 Å². The van der Waals surface area contributed by atoms with Gasteiger partial charge < -0.3 is 4.74 Å². The topological polar surface area (TPSA) is 85.2 Å². The molecular formula is C17H15N5O2S2. The standard InChI is InChI=1S/C17H15N5O2S2/c1-10-8-22-14(23)7-12(18-17(22)26-10)9-25-16-19-15(20-21-16)11-3-5-13(24-2)6-4-11/h3-8H,9H2,1-2H3,(H,19,20,21). The molecule has 3 aromatic heterocycles. The number of nitrogens with zero attached hydrogens (tertiary/aromatic N) is 4.